The molecule has 0 radical (unpaired) electrons. The van der Waals surface area contributed by atoms with Gasteiger partial charge in [0, 0.05) is 13.1 Å². The number of aliphatic hydroxyl groups is 2. The third-order valence-electron chi connectivity index (χ3n) is 9.27. The molecule has 0 spiro atoms. The SMILES string of the molecule is Cl.NCC(=O)NCCO.O=C(CNc1nonc1-c1noc(=O)n1C1CCc2ccc(F)cc21)NCCO.O=CO[O-].O=c1onc(-c2nonc2[N+](=O)[O-])n1C1CCc2ccc(F)cc21.[Na+]. The zero-order valence-corrected chi connectivity index (χ0v) is 37.6. The van der Waals surface area contributed by atoms with Gasteiger partial charge in [0.1, 0.15) is 11.6 Å². The zero-order valence-electron chi connectivity index (χ0n) is 34.7. The number of rotatable bonds is 14. The van der Waals surface area contributed by atoms with E-state index in [1.807, 2.05) is 0 Å². The molecule has 2 atom stereocenters. The van der Waals surface area contributed by atoms with Crippen molar-refractivity contribution in [1.82, 2.24) is 50.7 Å². The van der Waals surface area contributed by atoms with Gasteiger partial charge < -0.3 is 52.2 Å². The second kappa shape index (κ2) is 26.4. The summed E-state index contributed by atoms with van der Waals surface area (Å²) in [4.78, 5) is 67.8. The fourth-order valence-corrected chi connectivity index (χ4v) is 6.60. The molecule has 4 aromatic heterocycles. The molecular formula is C35H37ClF2N13NaO15. The summed E-state index contributed by atoms with van der Waals surface area (Å²) < 4.78 is 48.3. The van der Waals surface area contributed by atoms with Crippen LogP contribution in [0.3, 0.4) is 0 Å². The van der Waals surface area contributed by atoms with Gasteiger partial charge >= 0.3 is 46.9 Å². The first kappa shape index (κ1) is 54.5. The number of aromatic nitrogens is 8. The van der Waals surface area contributed by atoms with Crippen LogP contribution in [0.25, 0.3) is 23.0 Å². The van der Waals surface area contributed by atoms with Crippen LogP contribution < -0.4 is 68.0 Å². The summed E-state index contributed by atoms with van der Waals surface area (Å²) in [5.41, 5.74) is 7.77. The number of hydrogen-bond donors (Lipinski definition) is 6. The van der Waals surface area contributed by atoms with Crippen molar-refractivity contribution in [2.24, 2.45) is 5.73 Å². The molecule has 28 nitrogen and oxygen atoms in total. The molecule has 2 aliphatic rings. The molecule has 0 saturated carbocycles. The van der Waals surface area contributed by atoms with Gasteiger partial charge in [-0.25, -0.2) is 32.1 Å². The Morgan fingerprint density at radius 2 is 1.31 bits per heavy atom. The summed E-state index contributed by atoms with van der Waals surface area (Å²) in [6.45, 7) is -0.176. The third-order valence-corrected chi connectivity index (χ3v) is 9.27. The van der Waals surface area contributed by atoms with Crippen LogP contribution in [0.15, 0.2) is 64.3 Å². The molecule has 2 unspecified atom stereocenters. The summed E-state index contributed by atoms with van der Waals surface area (Å²) in [6.07, 6.45) is 2.34. The number of nitrogens with two attached hydrogens (primary N) is 1. The zero-order chi connectivity index (χ0) is 47.0. The summed E-state index contributed by atoms with van der Waals surface area (Å²) in [7, 11) is 0. The summed E-state index contributed by atoms with van der Waals surface area (Å²) >= 11 is 0. The number of aryl methyl sites for hydroxylation is 2. The average Bonchev–Trinajstić information content (AvgIpc) is 4.18. The van der Waals surface area contributed by atoms with E-state index in [1.54, 1.807) is 12.1 Å². The molecule has 2 aliphatic carbocycles. The number of hydrogen-bond acceptors (Lipinski definition) is 23. The second-order valence-corrected chi connectivity index (χ2v) is 13.1. The first-order chi connectivity index (χ1) is 31.4. The molecule has 32 heteroatoms. The minimum atomic E-state index is -0.829. The number of amides is 2. The Balaban J connectivity index is 0.000000282. The van der Waals surface area contributed by atoms with Crippen molar-refractivity contribution in [2.45, 2.75) is 37.8 Å². The Labute approximate surface area is 400 Å². The predicted molar refractivity (Wildman–Crippen MR) is 213 cm³/mol. The minimum absolute atomic E-state index is 0. The van der Waals surface area contributed by atoms with E-state index in [0.29, 0.717) is 36.8 Å². The van der Waals surface area contributed by atoms with E-state index in [0.717, 1.165) is 15.7 Å². The Bertz CT molecular complexity index is 2710. The maximum Gasteiger partial charge on any atom is 1.00 e. The van der Waals surface area contributed by atoms with Crippen molar-refractivity contribution in [3.05, 3.63) is 102 Å². The molecule has 0 saturated heterocycles. The molecule has 67 heavy (non-hydrogen) atoms. The van der Waals surface area contributed by atoms with Gasteiger partial charge in [0.2, 0.25) is 29.3 Å². The van der Waals surface area contributed by atoms with Crippen molar-refractivity contribution in [1.29, 1.82) is 0 Å². The van der Waals surface area contributed by atoms with Gasteiger partial charge in [0.05, 0.1) is 38.4 Å². The number of fused-ring (bicyclic) bond motifs is 2. The van der Waals surface area contributed by atoms with E-state index in [-0.39, 0.29) is 128 Å². The molecule has 0 fully saturated rings. The number of carbonyl (C=O) groups excluding carboxylic acids is 3. The van der Waals surface area contributed by atoms with E-state index in [1.165, 1.54) is 28.8 Å². The largest absolute Gasteiger partial charge is 1.00 e. The molecular weight excluding hydrogens is 939 g/mol. The Morgan fingerprint density at radius 1 is 0.836 bits per heavy atom. The average molecular weight is 976 g/mol. The quantitative estimate of drug-likeness (QED) is 0.0197. The van der Waals surface area contributed by atoms with Gasteiger partial charge in [-0.05, 0) is 92.6 Å². The molecule has 8 rings (SSSR count). The molecule has 2 aromatic carbocycles. The number of carbonyl (C=O) groups is 3. The van der Waals surface area contributed by atoms with Gasteiger partial charge in [-0.3, -0.25) is 23.4 Å². The van der Waals surface area contributed by atoms with Crippen LogP contribution in [0.1, 0.15) is 47.2 Å². The van der Waals surface area contributed by atoms with Crippen molar-refractivity contribution in [3.63, 3.8) is 0 Å². The summed E-state index contributed by atoms with van der Waals surface area (Å²) in [6, 6.07) is 7.72. The van der Waals surface area contributed by atoms with Crippen molar-refractivity contribution >= 4 is 42.3 Å². The molecule has 354 valence electrons. The van der Waals surface area contributed by atoms with Gasteiger partial charge in [0.15, 0.2) is 10.9 Å². The standard InChI is InChI=1S/C17H17FN6O5.C13H8FN5O5.C4H10N2O2.CH2O3.ClH.Na/c18-10-3-1-9-2-4-12(11(9)7-10)24-16(23-28-17(24)27)14-15(22-29-21-14)20-8-13(26)19-5-6-25;14-7-3-1-6-2-4-9(8(6)5-7)18-11(16-23-13(18)20)10-12(19(21)22)17-24-15-10;5-3-4(8)6-1-2-7;2-1-4-3;;/h1,3,7,12,25H,2,4-6,8H2,(H,19,26)(H,20,22);1,3,5,9H,2,4H2;7H,1-3,5H2,(H,6,8);1,3H;1H;/q;;;;;+1/p-1. The van der Waals surface area contributed by atoms with Crippen molar-refractivity contribution in [3.8, 4) is 23.0 Å². The Hall–Kier alpha value is -6.80. The Kier molecular flexibility index (Phi) is 21.5. The number of nitro groups is 1. The number of nitrogens with one attached hydrogen (secondary N) is 3. The molecule has 0 aliphatic heterocycles. The topological polar surface area (TPSA) is 403 Å². The van der Waals surface area contributed by atoms with Crippen LogP contribution in [0.2, 0.25) is 0 Å². The normalized spacial score (nSPS) is 13.8. The van der Waals surface area contributed by atoms with Crippen LogP contribution in [0, 0.1) is 21.7 Å². The summed E-state index contributed by atoms with van der Waals surface area (Å²) in [5, 5.41) is 65.3. The van der Waals surface area contributed by atoms with Crippen LogP contribution in [0.5, 0.6) is 0 Å². The Morgan fingerprint density at radius 3 is 1.79 bits per heavy atom. The molecule has 4 heterocycles. The molecule has 6 aromatic rings. The third kappa shape index (κ3) is 13.6. The van der Waals surface area contributed by atoms with Crippen molar-refractivity contribution < 1.29 is 96.3 Å². The predicted octanol–water partition coefficient (Wildman–Crippen LogP) is -4.54. The molecule has 0 bridgehead atoms. The van der Waals surface area contributed by atoms with E-state index in [2.05, 4.69) is 60.9 Å². The second-order valence-electron chi connectivity index (χ2n) is 13.1. The van der Waals surface area contributed by atoms with Crippen molar-refractivity contribution in [2.75, 3.05) is 44.7 Å². The van der Waals surface area contributed by atoms with Crippen LogP contribution in [-0.2, 0) is 32.1 Å². The number of nitrogens with zero attached hydrogens (tertiary/aromatic N) is 9. The first-order valence-corrected chi connectivity index (χ1v) is 18.8. The number of benzene rings is 2. The maximum atomic E-state index is 13.8. The fourth-order valence-electron chi connectivity index (χ4n) is 6.60. The fraction of sp³-hybridized carbons (Fsp3) is 0.343. The van der Waals surface area contributed by atoms with E-state index < -0.39 is 46.0 Å². The van der Waals surface area contributed by atoms with E-state index in [9.17, 15) is 38.1 Å². The van der Waals surface area contributed by atoms with Crippen LogP contribution >= 0.6 is 12.4 Å². The van der Waals surface area contributed by atoms with Crippen LogP contribution in [0.4, 0.5) is 20.4 Å². The number of anilines is 1. The van der Waals surface area contributed by atoms with Gasteiger partial charge in [0.25, 0.3) is 12.2 Å². The monoisotopic (exact) mass is 975 g/mol. The smallest absolute Gasteiger partial charge is 0.662 e. The van der Waals surface area contributed by atoms with E-state index >= 15 is 0 Å². The maximum absolute atomic E-state index is 13.8. The van der Waals surface area contributed by atoms with Gasteiger partial charge in [-0.1, -0.05) is 22.4 Å². The number of halogens is 3. The summed E-state index contributed by atoms with van der Waals surface area (Å²) in [5.74, 6) is -3.75. The first-order valence-electron chi connectivity index (χ1n) is 18.8. The molecule has 7 N–H and O–H groups in total. The van der Waals surface area contributed by atoms with E-state index in [4.69, 9.17) is 35.2 Å². The van der Waals surface area contributed by atoms with Gasteiger partial charge in [-0.15, -0.1) is 17.0 Å². The molecule has 2 amide bonds. The number of aliphatic hydroxyl groups excluding tert-OH is 2. The van der Waals surface area contributed by atoms with Crippen LogP contribution in [-0.4, -0.2) is 113 Å². The minimum Gasteiger partial charge on any atom is -0.662 e. The van der Waals surface area contributed by atoms with Gasteiger partial charge in [-0.2, -0.15) is 0 Å².